The Kier molecular flexibility index (Phi) is 8.60. The Morgan fingerprint density at radius 2 is 0.937 bits per heavy atom. The van der Waals surface area contributed by atoms with Crippen molar-refractivity contribution in [2.24, 2.45) is 0 Å². The SMILES string of the molecule is CC1(C)c2ccccc2-c2ccc(N(c3ccc(-c4cc5c(s4)-c4sc(-c6ccc(/C=C(\C#N)C(=O)O)cc6)cc4C5(C)C)cc3)c3ccc4c(c3)C(C)(C)c3ccccc3-4)cc21. The van der Waals surface area contributed by atoms with E-state index in [1.807, 2.05) is 46.9 Å². The van der Waals surface area contributed by atoms with Crippen LogP contribution in [0.5, 0.6) is 0 Å². The molecule has 8 aromatic rings. The Labute approximate surface area is 376 Å². The van der Waals surface area contributed by atoms with Gasteiger partial charge in [-0.3, -0.25) is 0 Å². The van der Waals surface area contributed by atoms with E-state index in [0.29, 0.717) is 5.56 Å². The molecule has 11 rings (SSSR count). The molecule has 6 aromatic carbocycles. The average Bonchev–Trinajstić information content (AvgIpc) is 4.07. The number of carbonyl (C=O) groups is 1. The first-order valence-electron chi connectivity index (χ1n) is 21.4. The lowest BCUT2D eigenvalue weighted by atomic mass is 9.82. The molecule has 2 aromatic heterocycles. The summed E-state index contributed by atoms with van der Waals surface area (Å²) in [6.45, 7) is 14.0. The Morgan fingerprint density at radius 3 is 1.40 bits per heavy atom. The van der Waals surface area contributed by atoms with Gasteiger partial charge in [-0.1, -0.05) is 139 Å². The number of hydrogen-bond donors (Lipinski definition) is 1. The lowest BCUT2D eigenvalue weighted by Crippen LogP contribution is -2.18. The third-order valence-corrected chi connectivity index (χ3v) is 16.5. The zero-order valence-electron chi connectivity index (χ0n) is 36.0. The molecule has 0 fully saturated rings. The molecular formula is C57H44N2O2S2. The summed E-state index contributed by atoms with van der Waals surface area (Å²) in [6.07, 6.45) is 1.41. The van der Waals surface area contributed by atoms with Gasteiger partial charge in [0.25, 0.3) is 0 Å². The van der Waals surface area contributed by atoms with Crippen LogP contribution in [0.15, 0.2) is 151 Å². The zero-order valence-corrected chi connectivity index (χ0v) is 37.6. The number of nitriles is 1. The first-order chi connectivity index (χ1) is 30.2. The minimum absolute atomic E-state index is 0.121. The summed E-state index contributed by atoms with van der Waals surface area (Å²) in [6, 6.07) is 55.2. The first-order valence-corrected chi connectivity index (χ1v) is 23.0. The van der Waals surface area contributed by atoms with Crippen LogP contribution >= 0.6 is 22.7 Å². The second-order valence-corrected chi connectivity index (χ2v) is 20.7. The molecule has 0 unspecified atom stereocenters. The molecule has 2 heterocycles. The summed E-state index contributed by atoms with van der Waals surface area (Å²) in [4.78, 5) is 18.9. The first kappa shape index (κ1) is 39.1. The molecule has 0 atom stereocenters. The van der Waals surface area contributed by atoms with Crippen LogP contribution in [-0.2, 0) is 21.0 Å². The van der Waals surface area contributed by atoms with E-state index < -0.39 is 5.97 Å². The molecule has 0 amide bonds. The predicted octanol–water partition coefficient (Wildman–Crippen LogP) is 15.5. The minimum Gasteiger partial charge on any atom is -0.477 e. The van der Waals surface area contributed by atoms with Gasteiger partial charge in [0.2, 0.25) is 0 Å². The molecule has 3 aliphatic carbocycles. The zero-order chi connectivity index (χ0) is 43.6. The number of rotatable bonds is 7. The van der Waals surface area contributed by atoms with Crippen molar-refractivity contribution in [1.82, 2.24) is 0 Å². The molecule has 3 aliphatic rings. The Morgan fingerprint density at radius 1 is 0.524 bits per heavy atom. The molecule has 0 bridgehead atoms. The molecule has 306 valence electrons. The molecule has 0 saturated heterocycles. The van der Waals surface area contributed by atoms with E-state index in [4.69, 9.17) is 0 Å². The van der Waals surface area contributed by atoms with E-state index in [2.05, 4.69) is 168 Å². The fourth-order valence-corrected chi connectivity index (χ4v) is 13.2. The van der Waals surface area contributed by atoms with Crippen molar-refractivity contribution < 1.29 is 9.90 Å². The molecular weight excluding hydrogens is 809 g/mol. The van der Waals surface area contributed by atoms with Gasteiger partial charge < -0.3 is 10.0 Å². The van der Waals surface area contributed by atoms with Crippen LogP contribution in [-0.4, -0.2) is 11.1 Å². The number of aliphatic carboxylic acids is 1. The predicted molar refractivity (Wildman–Crippen MR) is 262 cm³/mol. The van der Waals surface area contributed by atoms with E-state index in [-0.39, 0.29) is 21.8 Å². The summed E-state index contributed by atoms with van der Waals surface area (Å²) in [5.74, 6) is -1.22. The van der Waals surface area contributed by atoms with E-state index >= 15 is 0 Å². The van der Waals surface area contributed by atoms with Gasteiger partial charge in [-0.05, 0) is 127 Å². The molecule has 0 saturated carbocycles. The van der Waals surface area contributed by atoms with E-state index in [0.717, 1.165) is 22.6 Å². The third kappa shape index (κ3) is 5.87. The largest absolute Gasteiger partial charge is 0.477 e. The Balaban J connectivity index is 0.960. The van der Waals surface area contributed by atoms with E-state index in [1.165, 1.54) is 86.8 Å². The van der Waals surface area contributed by atoms with Crippen molar-refractivity contribution >= 4 is 51.8 Å². The second-order valence-electron chi connectivity index (χ2n) is 18.6. The van der Waals surface area contributed by atoms with Gasteiger partial charge in [0.05, 0.1) is 0 Å². The highest BCUT2D eigenvalue weighted by Crippen LogP contribution is 2.59. The molecule has 0 aliphatic heterocycles. The highest BCUT2D eigenvalue weighted by atomic mass is 32.1. The second kappa shape index (κ2) is 13.9. The number of carboxylic acids is 1. The standard InChI is InChI=1S/C57H44N2O2S2/c1-55(2)44-13-9-7-11-40(44)42-25-23-38(28-46(42)55)59(39-24-26-43-41-12-8-10-14-45(41)56(3,4)47(43)29-39)37-21-19-35(20-22-37)51-31-49-53(63-51)52-48(57(49,5)6)30-50(62-52)34-17-15-33(16-18-34)27-36(32-58)54(60)61/h7-31H,1-6H3,(H,60,61)/b36-27+. The molecule has 0 radical (unpaired) electrons. The van der Waals surface area contributed by atoms with Gasteiger partial charge >= 0.3 is 5.97 Å². The maximum atomic E-state index is 11.4. The average molecular weight is 853 g/mol. The van der Waals surface area contributed by atoms with Gasteiger partial charge in [0.1, 0.15) is 11.6 Å². The van der Waals surface area contributed by atoms with Crippen LogP contribution in [0.25, 0.3) is 59.0 Å². The van der Waals surface area contributed by atoms with Crippen LogP contribution in [0.1, 0.15) is 80.5 Å². The van der Waals surface area contributed by atoms with Crippen LogP contribution in [0.2, 0.25) is 0 Å². The molecule has 1 N–H and O–H groups in total. The lowest BCUT2D eigenvalue weighted by molar-refractivity contribution is -0.132. The topological polar surface area (TPSA) is 64.3 Å². The summed E-state index contributed by atoms with van der Waals surface area (Å²) in [5.41, 5.74) is 19.1. The Hall–Kier alpha value is -6.78. The van der Waals surface area contributed by atoms with E-state index in [9.17, 15) is 15.2 Å². The maximum Gasteiger partial charge on any atom is 0.346 e. The van der Waals surface area contributed by atoms with Crippen LogP contribution < -0.4 is 4.90 Å². The number of nitrogens with zero attached hydrogens (tertiary/aromatic N) is 2. The minimum atomic E-state index is -1.22. The number of hydrogen-bond acceptors (Lipinski definition) is 5. The summed E-state index contributed by atoms with van der Waals surface area (Å²) >= 11 is 3.68. The fourth-order valence-electron chi connectivity index (χ4n) is 10.4. The highest BCUT2D eigenvalue weighted by molar-refractivity contribution is 7.25. The van der Waals surface area contributed by atoms with Crippen LogP contribution in [0.3, 0.4) is 0 Å². The van der Waals surface area contributed by atoms with Crippen molar-refractivity contribution in [3.63, 3.8) is 0 Å². The van der Waals surface area contributed by atoms with Gasteiger partial charge in [0, 0.05) is 52.8 Å². The fraction of sp³-hybridized carbons (Fsp3) is 0.158. The molecule has 63 heavy (non-hydrogen) atoms. The molecule has 4 nitrogen and oxygen atoms in total. The van der Waals surface area contributed by atoms with Gasteiger partial charge in [-0.15, -0.1) is 22.7 Å². The molecule has 0 spiro atoms. The number of fused-ring (bicyclic) bond motifs is 9. The van der Waals surface area contributed by atoms with Crippen molar-refractivity contribution in [3.8, 4) is 59.0 Å². The van der Waals surface area contributed by atoms with Crippen LogP contribution in [0.4, 0.5) is 17.1 Å². The van der Waals surface area contributed by atoms with Gasteiger partial charge in [-0.2, -0.15) is 5.26 Å². The molecule has 6 heteroatoms. The van der Waals surface area contributed by atoms with Crippen molar-refractivity contribution in [1.29, 1.82) is 5.26 Å². The maximum absolute atomic E-state index is 11.4. The highest BCUT2D eigenvalue weighted by Gasteiger charge is 2.40. The monoisotopic (exact) mass is 852 g/mol. The van der Waals surface area contributed by atoms with Crippen molar-refractivity contribution in [2.45, 2.75) is 57.8 Å². The number of thiophene rings is 2. The Bertz CT molecular complexity index is 3190. The van der Waals surface area contributed by atoms with Crippen LogP contribution in [0, 0.1) is 11.3 Å². The third-order valence-electron chi connectivity index (χ3n) is 13.9. The number of benzene rings is 6. The quantitative estimate of drug-likeness (QED) is 0.128. The van der Waals surface area contributed by atoms with Crippen molar-refractivity contribution in [3.05, 3.63) is 190 Å². The normalized spacial score (nSPS) is 15.4. The van der Waals surface area contributed by atoms with Gasteiger partial charge in [-0.25, -0.2) is 4.79 Å². The number of carboxylic acid groups (broad SMARTS) is 1. The van der Waals surface area contributed by atoms with Gasteiger partial charge in [0.15, 0.2) is 0 Å². The van der Waals surface area contributed by atoms with Crippen molar-refractivity contribution in [2.75, 3.05) is 4.90 Å². The number of anilines is 3. The summed E-state index contributed by atoms with van der Waals surface area (Å²) in [5, 5.41) is 18.5. The lowest BCUT2D eigenvalue weighted by Gasteiger charge is -2.30. The summed E-state index contributed by atoms with van der Waals surface area (Å²) < 4.78 is 0. The summed E-state index contributed by atoms with van der Waals surface area (Å²) in [7, 11) is 0. The van der Waals surface area contributed by atoms with E-state index in [1.54, 1.807) is 6.07 Å². The smallest absolute Gasteiger partial charge is 0.346 e.